The van der Waals surface area contributed by atoms with E-state index < -0.39 is 0 Å². The van der Waals surface area contributed by atoms with Gasteiger partial charge in [-0.3, -0.25) is 9.48 Å². The molecule has 0 saturated carbocycles. The van der Waals surface area contributed by atoms with E-state index in [2.05, 4.69) is 5.10 Å². The molecule has 0 aliphatic rings. The van der Waals surface area contributed by atoms with E-state index in [9.17, 15) is 4.79 Å². The van der Waals surface area contributed by atoms with Crippen LogP contribution in [-0.2, 0) is 16.1 Å². The molecule has 0 saturated heterocycles. The van der Waals surface area contributed by atoms with E-state index >= 15 is 0 Å². The molecular formula is C13H15N3O3. The van der Waals surface area contributed by atoms with Crippen molar-refractivity contribution in [3.05, 3.63) is 42.7 Å². The van der Waals surface area contributed by atoms with Crippen molar-refractivity contribution in [2.24, 2.45) is 0 Å². The summed E-state index contributed by atoms with van der Waals surface area (Å²) < 4.78 is 11.8. The first-order valence-corrected chi connectivity index (χ1v) is 5.85. The van der Waals surface area contributed by atoms with Crippen molar-refractivity contribution in [3.8, 4) is 5.75 Å². The Hall–Kier alpha value is -2.50. The molecule has 2 N–H and O–H groups in total. The number of nitrogen functional groups attached to an aromatic ring is 1. The largest absolute Gasteiger partial charge is 0.490 e. The van der Waals surface area contributed by atoms with Crippen LogP contribution >= 0.6 is 0 Å². The summed E-state index contributed by atoms with van der Waals surface area (Å²) in [5.74, 6) is 0.373. The lowest BCUT2D eigenvalue weighted by molar-refractivity contribution is -0.145. The first-order chi connectivity index (χ1) is 9.24. The summed E-state index contributed by atoms with van der Waals surface area (Å²) in [7, 11) is 0. The molecule has 100 valence electrons. The molecule has 0 unspecified atom stereocenters. The minimum atomic E-state index is -0.375. The van der Waals surface area contributed by atoms with Crippen LogP contribution in [0, 0.1) is 0 Å². The Balaban J connectivity index is 1.64. The number of carbonyl (C=O) groups is 1. The van der Waals surface area contributed by atoms with Crippen molar-refractivity contribution >= 4 is 11.7 Å². The number of benzene rings is 1. The number of nitrogens with two attached hydrogens (primary N) is 1. The van der Waals surface area contributed by atoms with Crippen LogP contribution in [0.15, 0.2) is 42.7 Å². The molecule has 0 aliphatic heterocycles. The average Bonchev–Trinajstić information content (AvgIpc) is 2.81. The van der Waals surface area contributed by atoms with Crippen molar-refractivity contribution in [2.75, 3.05) is 18.9 Å². The molecule has 0 spiro atoms. The molecule has 6 nitrogen and oxygen atoms in total. The Morgan fingerprint density at radius 3 is 2.74 bits per heavy atom. The Morgan fingerprint density at radius 2 is 2.05 bits per heavy atom. The number of hydrogen-bond acceptors (Lipinski definition) is 5. The topological polar surface area (TPSA) is 79.4 Å². The average molecular weight is 261 g/mol. The van der Waals surface area contributed by atoms with Gasteiger partial charge in [0, 0.05) is 6.20 Å². The van der Waals surface area contributed by atoms with E-state index in [1.54, 1.807) is 6.20 Å². The zero-order chi connectivity index (χ0) is 13.5. The van der Waals surface area contributed by atoms with Crippen LogP contribution in [0.3, 0.4) is 0 Å². The summed E-state index contributed by atoms with van der Waals surface area (Å²) in [4.78, 5) is 11.5. The lowest BCUT2D eigenvalue weighted by Gasteiger charge is -2.07. The summed E-state index contributed by atoms with van der Waals surface area (Å²) in [5, 5.41) is 3.89. The molecule has 0 amide bonds. The summed E-state index contributed by atoms with van der Waals surface area (Å²) in [5.41, 5.74) is 6.00. The molecule has 1 aromatic carbocycles. The highest BCUT2D eigenvalue weighted by Gasteiger charge is 2.05. The van der Waals surface area contributed by atoms with Gasteiger partial charge < -0.3 is 15.2 Å². The number of aromatic nitrogens is 2. The van der Waals surface area contributed by atoms with E-state index in [0.717, 1.165) is 5.75 Å². The van der Waals surface area contributed by atoms with Crippen molar-refractivity contribution in [1.82, 2.24) is 9.78 Å². The first kappa shape index (κ1) is 12.9. The predicted molar refractivity (Wildman–Crippen MR) is 69.5 cm³/mol. The Labute approximate surface area is 110 Å². The second-order valence-electron chi connectivity index (χ2n) is 3.85. The number of hydrogen-bond donors (Lipinski definition) is 1. The summed E-state index contributed by atoms with van der Waals surface area (Å²) >= 11 is 0. The van der Waals surface area contributed by atoms with Gasteiger partial charge in [-0.25, -0.2) is 0 Å². The first-order valence-electron chi connectivity index (χ1n) is 5.85. The number of carbonyl (C=O) groups excluding carboxylic acids is 1. The maximum absolute atomic E-state index is 11.5. The van der Waals surface area contributed by atoms with Crippen LogP contribution in [0.1, 0.15) is 0 Å². The minimum Gasteiger partial charge on any atom is -0.490 e. The SMILES string of the molecule is Nc1cnn(CC(=O)OCCOc2ccccc2)c1. The predicted octanol–water partition coefficient (Wildman–Crippen LogP) is 1.09. The van der Waals surface area contributed by atoms with Gasteiger partial charge in [0.25, 0.3) is 0 Å². The maximum atomic E-state index is 11.5. The number of para-hydroxylation sites is 1. The highest BCUT2D eigenvalue weighted by atomic mass is 16.6. The summed E-state index contributed by atoms with van der Waals surface area (Å²) in [6.07, 6.45) is 3.05. The molecule has 1 heterocycles. The van der Waals surface area contributed by atoms with Gasteiger partial charge in [0.15, 0.2) is 0 Å². The Morgan fingerprint density at radius 1 is 1.26 bits per heavy atom. The van der Waals surface area contributed by atoms with Gasteiger partial charge in [0.1, 0.15) is 25.5 Å². The van der Waals surface area contributed by atoms with E-state index in [1.807, 2.05) is 30.3 Å². The van der Waals surface area contributed by atoms with Crippen LogP contribution in [0.5, 0.6) is 5.75 Å². The van der Waals surface area contributed by atoms with E-state index in [0.29, 0.717) is 12.3 Å². The molecule has 1 aromatic heterocycles. The maximum Gasteiger partial charge on any atom is 0.327 e. The molecule has 2 rings (SSSR count). The standard InChI is InChI=1S/C13H15N3O3/c14-11-8-15-16(9-11)10-13(17)19-7-6-18-12-4-2-1-3-5-12/h1-5,8-9H,6-7,10,14H2. The normalized spacial score (nSPS) is 10.1. The molecule has 19 heavy (non-hydrogen) atoms. The fourth-order valence-corrected chi connectivity index (χ4v) is 1.48. The molecule has 0 atom stereocenters. The second-order valence-corrected chi connectivity index (χ2v) is 3.85. The quantitative estimate of drug-likeness (QED) is 0.622. The van der Waals surface area contributed by atoms with Gasteiger partial charge in [-0.2, -0.15) is 5.10 Å². The van der Waals surface area contributed by atoms with Gasteiger partial charge >= 0.3 is 5.97 Å². The van der Waals surface area contributed by atoms with Gasteiger partial charge in [0.2, 0.25) is 0 Å². The molecule has 0 bridgehead atoms. The van der Waals surface area contributed by atoms with Crippen molar-refractivity contribution in [2.45, 2.75) is 6.54 Å². The molecule has 6 heteroatoms. The number of rotatable bonds is 6. The van der Waals surface area contributed by atoms with Gasteiger partial charge in [-0.1, -0.05) is 18.2 Å². The third-order valence-electron chi connectivity index (χ3n) is 2.30. The molecular weight excluding hydrogens is 246 g/mol. The van der Waals surface area contributed by atoms with E-state index in [-0.39, 0.29) is 19.1 Å². The number of ether oxygens (including phenoxy) is 2. The number of anilines is 1. The second kappa shape index (κ2) is 6.44. The molecule has 0 aliphatic carbocycles. The van der Waals surface area contributed by atoms with Crippen molar-refractivity contribution in [3.63, 3.8) is 0 Å². The van der Waals surface area contributed by atoms with Crippen LogP contribution < -0.4 is 10.5 Å². The zero-order valence-corrected chi connectivity index (χ0v) is 10.4. The van der Waals surface area contributed by atoms with E-state index in [4.69, 9.17) is 15.2 Å². The third kappa shape index (κ3) is 4.34. The summed E-state index contributed by atoms with van der Waals surface area (Å²) in [6.45, 7) is 0.560. The van der Waals surface area contributed by atoms with Gasteiger partial charge in [-0.05, 0) is 12.1 Å². The fraction of sp³-hybridized carbons (Fsp3) is 0.231. The number of nitrogens with zero attached hydrogens (tertiary/aromatic N) is 2. The van der Waals surface area contributed by atoms with E-state index in [1.165, 1.54) is 10.9 Å². The lowest BCUT2D eigenvalue weighted by Crippen LogP contribution is -2.17. The van der Waals surface area contributed by atoms with Gasteiger partial charge in [0.05, 0.1) is 11.9 Å². The summed E-state index contributed by atoms with van der Waals surface area (Å²) in [6, 6.07) is 9.35. The highest BCUT2D eigenvalue weighted by molar-refractivity contribution is 5.69. The molecule has 2 aromatic rings. The third-order valence-corrected chi connectivity index (χ3v) is 2.30. The minimum absolute atomic E-state index is 0.0442. The van der Waals surface area contributed by atoms with Gasteiger partial charge in [-0.15, -0.1) is 0 Å². The van der Waals surface area contributed by atoms with Crippen molar-refractivity contribution < 1.29 is 14.3 Å². The zero-order valence-electron chi connectivity index (χ0n) is 10.4. The van der Waals surface area contributed by atoms with Crippen LogP contribution in [0.25, 0.3) is 0 Å². The van der Waals surface area contributed by atoms with Crippen molar-refractivity contribution in [1.29, 1.82) is 0 Å². The Kier molecular flexibility index (Phi) is 4.39. The molecule has 0 radical (unpaired) electrons. The van der Waals surface area contributed by atoms with Crippen LogP contribution in [0.4, 0.5) is 5.69 Å². The molecule has 0 fully saturated rings. The fourth-order valence-electron chi connectivity index (χ4n) is 1.48. The van der Waals surface area contributed by atoms with Crippen LogP contribution in [-0.4, -0.2) is 29.0 Å². The highest BCUT2D eigenvalue weighted by Crippen LogP contribution is 2.07. The smallest absolute Gasteiger partial charge is 0.327 e. The Bertz CT molecular complexity index is 525. The van der Waals surface area contributed by atoms with Crippen LogP contribution in [0.2, 0.25) is 0 Å². The lowest BCUT2D eigenvalue weighted by atomic mass is 10.3. The number of esters is 1. The monoisotopic (exact) mass is 261 g/mol.